The van der Waals surface area contributed by atoms with Crippen LogP contribution in [0.5, 0.6) is 5.88 Å². The van der Waals surface area contributed by atoms with Crippen molar-refractivity contribution in [3.8, 4) is 18.2 Å². The predicted octanol–water partition coefficient (Wildman–Crippen LogP) is 1.17. The van der Waals surface area contributed by atoms with Crippen molar-refractivity contribution in [1.29, 1.82) is 0 Å². The van der Waals surface area contributed by atoms with Crippen LogP contribution in [-0.4, -0.2) is 42.0 Å². The van der Waals surface area contributed by atoms with Crippen LogP contribution in [0, 0.1) is 18.3 Å². The highest BCUT2D eigenvalue weighted by Gasteiger charge is 2.43. The Morgan fingerprint density at radius 3 is 2.71 bits per heavy atom. The zero-order valence-electron chi connectivity index (χ0n) is 14.0. The number of pyridine rings is 1. The van der Waals surface area contributed by atoms with Gasteiger partial charge in [0.15, 0.2) is 12.4 Å². The van der Waals surface area contributed by atoms with E-state index in [1.807, 2.05) is 13.8 Å². The van der Waals surface area contributed by atoms with Gasteiger partial charge >= 0.3 is 5.97 Å². The molecule has 0 radical (unpaired) electrons. The number of carbonyl (C=O) groups excluding carboxylic acids is 2. The first kappa shape index (κ1) is 17.5. The third-order valence-corrected chi connectivity index (χ3v) is 3.96. The molecule has 7 heteroatoms. The maximum Gasteiger partial charge on any atom is 0.340 e. The molecule has 0 aromatic carbocycles. The van der Waals surface area contributed by atoms with Crippen LogP contribution in [0.3, 0.4) is 0 Å². The number of hydrogen-bond acceptors (Lipinski definition) is 6. The largest absolute Gasteiger partial charge is 0.465 e. The molecule has 1 aromatic rings. The Balaban J connectivity index is 2.53. The number of carbonyl (C=O) groups is 2. The fourth-order valence-electron chi connectivity index (χ4n) is 2.14. The number of amidine groups is 1. The summed E-state index contributed by atoms with van der Waals surface area (Å²) in [5.74, 6) is 1.91. The summed E-state index contributed by atoms with van der Waals surface area (Å²) in [6, 6.07) is 3.01. The topological polar surface area (TPSA) is 89.9 Å². The molecule has 1 aliphatic rings. The molecule has 1 aromatic heterocycles. The highest BCUT2D eigenvalue weighted by molar-refractivity contribution is 6.17. The Labute approximate surface area is 140 Å². The third-order valence-electron chi connectivity index (χ3n) is 3.96. The molecule has 0 saturated heterocycles. The first-order chi connectivity index (χ1) is 11.3. The van der Waals surface area contributed by atoms with E-state index in [-0.39, 0.29) is 41.4 Å². The van der Waals surface area contributed by atoms with Gasteiger partial charge in [-0.05, 0) is 18.9 Å². The molecule has 1 N–H and O–H groups in total. The van der Waals surface area contributed by atoms with Crippen molar-refractivity contribution in [3.63, 3.8) is 0 Å². The maximum absolute atomic E-state index is 12.3. The summed E-state index contributed by atoms with van der Waals surface area (Å²) in [5.41, 5.74) is -0.563. The molecule has 126 valence electrons. The van der Waals surface area contributed by atoms with Crippen molar-refractivity contribution < 1.29 is 19.1 Å². The van der Waals surface area contributed by atoms with Crippen LogP contribution in [-0.2, 0) is 9.53 Å². The molecule has 0 bridgehead atoms. The Morgan fingerprint density at radius 1 is 1.46 bits per heavy atom. The minimum absolute atomic E-state index is 0.0301. The number of esters is 1. The van der Waals surface area contributed by atoms with E-state index in [0.29, 0.717) is 0 Å². The van der Waals surface area contributed by atoms with Gasteiger partial charge < -0.3 is 14.8 Å². The molecular formula is C17H19N3O4. The molecule has 0 fully saturated rings. The van der Waals surface area contributed by atoms with Crippen molar-refractivity contribution in [2.75, 3.05) is 13.7 Å². The highest BCUT2D eigenvalue weighted by atomic mass is 16.5. The van der Waals surface area contributed by atoms with Crippen LogP contribution < -0.4 is 10.1 Å². The van der Waals surface area contributed by atoms with Crippen LogP contribution in [0.2, 0.25) is 0 Å². The first-order valence-corrected chi connectivity index (χ1v) is 7.40. The second-order valence-electron chi connectivity index (χ2n) is 5.75. The van der Waals surface area contributed by atoms with E-state index in [0.717, 1.165) is 0 Å². The molecule has 1 unspecified atom stereocenters. The third kappa shape index (κ3) is 3.08. The molecule has 0 saturated carbocycles. The van der Waals surface area contributed by atoms with Crippen molar-refractivity contribution in [1.82, 2.24) is 10.3 Å². The summed E-state index contributed by atoms with van der Waals surface area (Å²) in [6.07, 6.45) is 5.17. The second-order valence-corrected chi connectivity index (χ2v) is 5.75. The van der Waals surface area contributed by atoms with E-state index in [2.05, 4.69) is 21.2 Å². The molecule has 7 nitrogen and oxygen atoms in total. The van der Waals surface area contributed by atoms with Gasteiger partial charge in [0.05, 0.1) is 12.7 Å². The average molecular weight is 329 g/mol. The van der Waals surface area contributed by atoms with Gasteiger partial charge in [-0.1, -0.05) is 19.8 Å². The number of terminal acetylenes is 1. The minimum Gasteiger partial charge on any atom is -0.465 e. The van der Waals surface area contributed by atoms with Gasteiger partial charge in [0.1, 0.15) is 11.2 Å². The number of rotatable bonds is 5. The summed E-state index contributed by atoms with van der Waals surface area (Å²) in [6.45, 7) is 5.56. The molecule has 1 aliphatic heterocycles. The van der Waals surface area contributed by atoms with E-state index >= 15 is 0 Å². The van der Waals surface area contributed by atoms with Crippen LogP contribution in [0.4, 0.5) is 0 Å². The lowest BCUT2D eigenvalue weighted by Gasteiger charge is -2.21. The first-order valence-electron chi connectivity index (χ1n) is 7.40. The van der Waals surface area contributed by atoms with Crippen molar-refractivity contribution >= 4 is 17.7 Å². The van der Waals surface area contributed by atoms with Crippen molar-refractivity contribution in [2.45, 2.75) is 26.3 Å². The Hall–Kier alpha value is -2.88. The zero-order valence-corrected chi connectivity index (χ0v) is 14.0. The summed E-state index contributed by atoms with van der Waals surface area (Å²) in [5, 5.41) is 2.69. The van der Waals surface area contributed by atoms with Crippen molar-refractivity contribution in [2.24, 2.45) is 10.9 Å². The monoisotopic (exact) mass is 329 g/mol. The van der Waals surface area contributed by atoms with E-state index in [9.17, 15) is 9.59 Å². The number of methoxy groups -OCH3 is 1. The van der Waals surface area contributed by atoms with E-state index in [4.69, 9.17) is 15.9 Å². The normalized spacial score (nSPS) is 19.5. The van der Waals surface area contributed by atoms with Crippen molar-refractivity contribution in [3.05, 3.63) is 23.4 Å². The second kappa shape index (κ2) is 6.71. The Bertz CT molecular complexity index is 749. The summed E-state index contributed by atoms with van der Waals surface area (Å²) in [7, 11) is 1.27. The lowest BCUT2D eigenvalue weighted by molar-refractivity contribution is -0.124. The van der Waals surface area contributed by atoms with Crippen LogP contribution in [0.1, 0.15) is 36.8 Å². The number of amides is 1. The number of hydrogen-bond donors (Lipinski definition) is 1. The van der Waals surface area contributed by atoms with Gasteiger partial charge in [0, 0.05) is 6.07 Å². The van der Waals surface area contributed by atoms with Crippen LogP contribution in [0.25, 0.3) is 0 Å². The van der Waals surface area contributed by atoms with Gasteiger partial charge in [-0.15, -0.1) is 6.42 Å². The summed E-state index contributed by atoms with van der Waals surface area (Å²) in [4.78, 5) is 33.0. The van der Waals surface area contributed by atoms with Gasteiger partial charge in [-0.3, -0.25) is 4.79 Å². The zero-order chi connectivity index (χ0) is 17.9. The van der Waals surface area contributed by atoms with E-state index in [1.54, 1.807) is 6.92 Å². The number of nitrogens with one attached hydrogen (secondary N) is 1. The number of aliphatic imine (C=N–C) groups is 1. The predicted molar refractivity (Wildman–Crippen MR) is 87.8 cm³/mol. The molecule has 1 amide bonds. The summed E-state index contributed by atoms with van der Waals surface area (Å²) < 4.78 is 10.0. The molecule has 2 rings (SSSR count). The standard InChI is InChI=1S/C17H19N3O4/c1-6-9-24-12-8-7-11(15(21)23-5)13(18-12)14-19-16(22)17(4,20-14)10(2)3/h1,7-8,10H,9H2,2-5H3,(H,19,20,22). The van der Waals surface area contributed by atoms with Crippen LogP contribution >= 0.6 is 0 Å². The lowest BCUT2D eigenvalue weighted by atomic mass is 9.89. The fraction of sp³-hybridized carbons (Fsp3) is 0.412. The number of nitrogens with zero attached hydrogens (tertiary/aromatic N) is 2. The van der Waals surface area contributed by atoms with Gasteiger partial charge in [0.25, 0.3) is 5.91 Å². The molecular weight excluding hydrogens is 310 g/mol. The average Bonchev–Trinajstić information content (AvgIpc) is 2.88. The molecule has 0 aliphatic carbocycles. The lowest BCUT2D eigenvalue weighted by Crippen LogP contribution is -2.41. The Morgan fingerprint density at radius 2 is 2.17 bits per heavy atom. The maximum atomic E-state index is 12.3. The summed E-state index contributed by atoms with van der Waals surface area (Å²) >= 11 is 0. The molecule has 0 spiro atoms. The highest BCUT2D eigenvalue weighted by Crippen LogP contribution is 2.28. The minimum atomic E-state index is -0.930. The quantitative estimate of drug-likeness (QED) is 0.647. The fourth-order valence-corrected chi connectivity index (χ4v) is 2.14. The van der Waals surface area contributed by atoms with E-state index in [1.165, 1.54) is 19.2 Å². The van der Waals surface area contributed by atoms with Gasteiger partial charge in [-0.2, -0.15) is 0 Å². The molecule has 1 atom stereocenters. The van der Waals surface area contributed by atoms with Crippen LogP contribution in [0.15, 0.2) is 17.1 Å². The number of aromatic nitrogens is 1. The molecule has 2 heterocycles. The smallest absolute Gasteiger partial charge is 0.340 e. The van der Waals surface area contributed by atoms with E-state index < -0.39 is 11.5 Å². The van der Waals surface area contributed by atoms with Gasteiger partial charge in [0.2, 0.25) is 5.88 Å². The number of ether oxygens (including phenoxy) is 2. The SMILES string of the molecule is C#CCOc1ccc(C(=O)OC)c(C2=NC(C)(C(C)C)C(=O)N2)n1. The molecule has 24 heavy (non-hydrogen) atoms. The van der Waals surface area contributed by atoms with Gasteiger partial charge in [-0.25, -0.2) is 14.8 Å². The Kier molecular flexibility index (Phi) is 4.88.